The standard InChI is InChI=1S/C12H8Br2ClIS/c1-6-3-2-4-7(11(6)16)10(13)9-5-8(15)12(14)17-9/h2-5,10H,1H3. The summed E-state index contributed by atoms with van der Waals surface area (Å²) < 4.78 is 2.29. The zero-order valence-corrected chi connectivity index (χ0v) is 15.7. The Bertz CT molecular complexity index is 534. The largest absolute Gasteiger partial charge is 0.130 e. The molecule has 17 heavy (non-hydrogen) atoms. The average Bonchev–Trinajstić information content (AvgIpc) is 2.62. The molecule has 0 aliphatic carbocycles. The van der Waals surface area contributed by atoms with E-state index in [4.69, 9.17) is 11.6 Å². The fraction of sp³-hybridized carbons (Fsp3) is 0.167. The second kappa shape index (κ2) is 5.90. The van der Waals surface area contributed by atoms with Crippen LogP contribution in [0.3, 0.4) is 0 Å². The first kappa shape index (κ1) is 14.3. The third kappa shape index (κ3) is 3.08. The van der Waals surface area contributed by atoms with Crippen LogP contribution in [0.4, 0.5) is 0 Å². The van der Waals surface area contributed by atoms with E-state index in [2.05, 4.69) is 79.6 Å². The Hall–Kier alpha value is 0.900. The number of aryl methyl sites for hydroxylation is 1. The highest BCUT2D eigenvalue weighted by Gasteiger charge is 2.17. The van der Waals surface area contributed by atoms with E-state index in [9.17, 15) is 0 Å². The molecule has 0 aliphatic heterocycles. The molecule has 0 spiro atoms. The predicted octanol–water partition coefficient (Wildman–Crippen LogP) is 6.56. The Labute approximate surface area is 140 Å². The van der Waals surface area contributed by atoms with Crippen LogP contribution in [0.1, 0.15) is 20.8 Å². The van der Waals surface area contributed by atoms with E-state index in [0.717, 1.165) is 8.81 Å². The first-order valence-electron chi connectivity index (χ1n) is 4.84. The molecule has 2 rings (SSSR count). The molecular weight excluding hydrogens is 498 g/mol. The molecule has 0 saturated carbocycles. The molecule has 1 aromatic carbocycles. The Balaban J connectivity index is 2.43. The number of benzene rings is 1. The maximum absolute atomic E-state index is 6.07. The minimum atomic E-state index is 0.197. The minimum absolute atomic E-state index is 0.197. The Morgan fingerprint density at radius 3 is 2.71 bits per heavy atom. The molecule has 1 atom stereocenters. The van der Waals surface area contributed by atoms with Gasteiger partial charge in [0.1, 0.15) is 0 Å². The lowest BCUT2D eigenvalue weighted by Gasteiger charge is -2.12. The first-order valence-corrected chi connectivity index (χ1v) is 8.82. The van der Waals surface area contributed by atoms with Gasteiger partial charge in [0, 0.05) is 8.45 Å². The van der Waals surface area contributed by atoms with Crippen LogP contribution in [-0.2, 0) is 0 Å². The average molecular weight is 506 g/mol. The van der Waals surface area contributed by atoms with Gasteiger partial charge in [-0.05, 0) is 62.6 Å². The molecule has 5 heteroatoms. The molecule has 90 valence electrons. The van der Waals surface area contributed by atoms with E-state index in [-0.39, 0.29) is 4.83 Å². The molecule has 2 aromatic rings. The number of thiophene rings is 1. The molecule has 0 aliphatic rings. The molecule has 0 saturated heterocycles. The molecule has 0 N–H and O–H groups in total. The summed E-state index contributed by atoms with van der Waals surface area (Å²) in [5, 5.41) is 0.775. The maximum Gasteiger partial charge on any atom is 0.0887 e. The van der Waals surface area contributed by atoms with E-state index in [1.165, 1.54) is 19.6 Å². The summed E-state index contributed by atoms with van der Waals surface area (Å²) in [6.07, 6.45) is 0. The summed E-state index contributed by atoms with van der Waals surface area (Å²) in [7, 11) is 0. The summed E-state index contributed by atoms with van der Waals surface area (Å²) in [4.78, 5) is 1.41. The van der Waals surface area contributed by atoms with Crippen molar-refractivity contribution in [2.24, 2.45) is 0 Å². The van der Waals surface area contributed by atoms with Crippen LogP contribution in [-0.4, -0.2) is 0 Å². The lowest BCUT2D eigenvalue weighted by atomic mass is 10.1. The van der Waals surface area contributed by atoms with Gasteiger partial charge in [-0.1, -0.05) is 45.7 Å². The van der Waals surface area contributed by atoms with Gasteiger partial charge in [-0.25, -0.2) is 0 Å². The van der Waals surface area contributed by atoms with Gasteiger partial charge in [-0.15, -0.1) is 11.3 Å². The van der Waals surface area contributed by atoms with Crippen LogP contribution in [0.25, 0.3) is 0 Å². The van der Waals surface area contributed by atoms with Gasteiger partial charge in [0.15, 0.2) is 0 Å². The van der Waals surface area contributed by atoms with E-state index in [0.29, 0.717) is 0 Å². The highest BCUT2D eigenvalue weighted by atomic mass is 127. The van der Waals surface area contributed by atoms with E-state index < -0.39 is 0 Å². The summed E-state index contributed by atoms with van der Waals surface area (Å²) >= 11 is 17.3. The van der Waals surface area contributed by atoms with Crippen molar-refractivity contribution in [2.45, 2.75) is 11.8 Å². The van der Waals surface area contributed by atoms with Gasteiger partial charge in [-0.2, -0.15) is 0 Å². The van der Waals surface area contributed by atoms with Crippen LogP contribution < -0.4 is 0 Å². The number of hydrogen-bond donors (Lipinski definition) is 0. The summed E-state index contributed by atoms with van der Waals surface area (Å²) in [6, 6.07) is 8.37. The van der Waals surface area contributed by atoms with Crippen molar-refractivity contribution >= 4 is 77.4 Å². The second-order valence-electron chi connectivity index (χ2n) is 3.61. The maximum atomic E-state index is 6.07. The van der Waals surface area contributed by atoms with Crippen molar-refractivity contribution < 1.29 is 0 Å². The van der Waals surface area contributed by atoms with Crippen molar-refractivity contribution in [3.05, 3.63) is 52.6 Å². The smallest absolute Gasteiger partial charge is 0.0887 e. The number of halogens is 4. The van der Waals surface area contributed by atoms with Crippen molar-refractivity contribution in [3.63, 3.8) is 0 Å². The molecule has 0 fully saturated rings. The van der Waals surface area contributed by atoms with Gasteiger partial charge in [0.25, 0.3) is 0 Å². The minimum Gasteiger partial charge on any atom is -0.130 e. The van der Waals surface area contributed by atoms with Crippen LogP contribution in [0.2, 0.25) is 5.02 Å². The van der Waals surface area contributed by atoms with Crippen LogP contribution >= 0.6 is 77.4 Å². The molecule has 1 aromatic heterocycles. The third-order valence-electron chi connectivity index (χ3n) is 2.41. The van der Waals surface area contributed by atoms with Crippen molar-refractivity contribution in [2.75, 3.05) is 0 Å². The third-order valence-corrected chi connectivity index (χ3v) is 7.71. The first-order chi connectivity index (χ1) is 8.00. The molecule has 0 radical (unpaired) electrons. The number of alkyl halides is 1. The molecule has 1 heterocycles. The van der Waals surface area contributed by atoms with Gasteiger partial charge in [0.2, 0.25) is 0 Å². The predicted molar refractivity (Wildman–Crippen MR) is 91.7 cm³/mol. The highest BCUT2D eigenvalue weighted by Crippen LogP contribution is 2.42. The Morgan fingerprint density at radius 1 is 1.41 bits per heavy atom. The zero-order chi connectivity index (χ0) is 12.6. The van der Waals surface area contributed by atoms with Gasteiger partial charge >= 0.3 is 0 Å². The normalized spacial score (nSPS) is 12.8. The monoisotopic (exact) mass is 504 g/mol. The Morgan fingerprint density at radius 2 is 2.12 bits per heavy atom. The summed E-state index contributed by atoms with van der Waals surface area (Å²) in [5.74, 6) is 0. The highest BCUT2D eigenvalue weighted by molar-refractivity contribution is 14.1. The fourth-order valence-electron chi connectivity index (χ4n) is 1.51. The van der Waals surface area contributed by atoms with Crippen LogP contribution in [0.15, 0.2) is 28.1 Å². The molecule has 0 amide bonds. The summed E-state index contributed by atoms with van der Waals surface area (Å²) in [5.41, 5.74) is 2.59. The van der Waals surface area contributed by atoms with Crippen molar-refractivity contribution in [3.8, 4) is 0 Å². The van der Waals surface area contributed by atoms with E-state index in [1.54, 1.807) is 11.3 Å². The quantitative estimate of drug-likeness (QED) is 0.320. The number of rotatable bonds is 2. The van der Waals surface area contributed by atoms with Gasteiger partial charge < -0.3 is 0 Å². The topological polar surface area (TPSA) is 0 Å². The number of hydrogen-bond acceptors (Lipinski definition) is 1. The van der Waals surface area contributed by atoms with Crippen LogP contribution in [0.5, 0.6) is 0 Å². The lowest BCUT2D eigenvalue weighted by molar-refractivity contribution is 1.18. The lowest BCUT2D eigenvalue weighted by Crippen LogP contribution is -1.95. The fourth-order valence-corrected chi connectivity index (χ4v) is 5.14. The molecule has 0 nitrogen and oxygen atoms in total. The molecular formula is C12H8Br2ClIS. The van der Waals surface area contributed by atoms with Gasteiger partial charge in [-0.3, -0.25) is 0 Å². The molecule has 1 unspecified atom stereocenters. The molecule has 0 bridgehead atoms. The Kier molecular flexibility index (Phi) is 4.97. The summed E-state index contributed by atoms with van der Waals surface area (Å²) in [6.45, 7) is 2.13. The second-order valence-corrected chi connectivity index (χ2v) is 8.41. The van der Waals surface area contributed by atoms with Crippen molar-refractivity contribution in [1.82, 2.24) is 0 Å². The zero-order valence-electron chi connectivity index (χ0n) is 8.81. The SMILES string of the molecule is Cc1cccc(C(Br)c2cc(Cl)c(Br)s2)c1I. The van der Waals surface area contributed by atoms with Crippen LogP contribution in [0, 0.1) is 10.5 Å². The van der Waals surface area contributed by atoms with Crippen molar-refractivity contribution in [1.29, 1.82) is 0 Å². The van der Waals surface area contributed by atoms with E-state index >= 15 is 0 Å². The van der Waals surface area contributed by atoms with Gasteiger partial charge in [0.05, 0.1) is 13.6 Å². The van der Waals surface area contributed by atoms with E-state index in [1.807, 2.05) is 6.07 Å².